The van der Waals surface area contributed by atoms with Crippen LogP contribution in [0.1, 0.15) is 11.4 Å². The van der Waals surface area contributed by atoms with Crippen LogP contribution < -0.4 is 5.73 Å². The zero-order valence-electron chi connectivity index (χ0n) is 8.66. The second-order valence-electron chi connectivity index (χ2n) is 3.47. The number of nitrogens with two attached hydrogens (primary N) is 1. The molecule has 78 valence electrons. The van der Waals surface area contributed by atoms with Gasteiger partial charge in [-0.15, -0.1) is 0 Å². The lowest BCUT2D eigenvalue weighted by Gasteiger charge is -2.03. The fourth-order valence-corrected chi connectivity index (χ4v) is 1.61. The SMILES string of the molecule is Cc1nn(-c2ccc(Cl)cc2)c(C)c1N. The van der Waals surface area contributed by atoms with E-state index in [0.717, 1.165) is 22.8 Å². The average Bonchev–Trinajstić information content (AvgIpc) is 2.47. The van der Waals surface area contributed by atoms with Gasteiger partial charge in [-0.2, -0.15) is 5.10 Å². The van der Waals surface area contributed by atoms with Crippen molar-refractivity contribution in [3.05, 3.63) is 40.7 Å². The van der Waals surface area contributed by atoms with Crippen molar-refractivity contribution in [3.8, 4) is 5.69 Å². The Morgan fingerprint density at radius 3 is 2.27 bits per heavy atom. The predicted octanol–water partition coefficient (Wildman–Crippen LogP) is 2.72. The topological polar surface area (TPSA) is 43.8 Å². The molecule has 0 bridgehead atoms. The fourth-order valence-electron chi connectivity index (χ4n) is 1.49. The molecule has 0 aliphatic carbocycles. The molecular formula is C11H12ClN3. The normalized spacial score (nSPS) is 10.6. The van der Waals surface area contributed by atoms with Gasteiger partial charge in [-0.25, -0.2) is 4.68 Å². The van der Waals surface area contributed by atoms with E-state index >= 15 is 0 Å². The molecule has 2 N–H and O–H groups in total. The van der Waals surface area contributed by atoms with Crippen molar-refractivity contribution in [2.24, 2.45) is 0 Å². The van der Waals surface area contributed by atoms with E-state index in [0.29, 0.717) is 5.02 Å². The average molecular weight is 222 g/mol. The van der Waals surface area contributed by atoms with Crippen molar-refractivity contribution in [1.82, 2.24) is 9.78 Å². The number of nitrogen functional groups attached to an aromatic ring is 1. The third kappa shape index (κ3) is 1.70. The van der Waals surface area contributed by atoms with Gasteiger partial charge in [0.25, 0.3) is 0 Å². The van der Waals surface area contributed by atoms with E-state index in [9.17, 15) is 0 Å². The van der Waals surface area contributed by atoms with E-state index in [1.54, 1.807) is 0 Å². The van der Waals surface area contributed by atoms with Gasteiger partial charge in [0.2, 0.25) is 0 Å². The van der Waals surface area contributed by atoms with Crippen molar-refractivity contribution in [3.63, 3.8) is 0 Å². The van der Waals surface area contributed by atoms with Crippen molar-refractivity contribution < 1.29 is 0 Å². The highest BCUT2D eigenvalue weighted by molar-refractivity contribution is 6.30. The van der Waals surface area contributed by atoms with E-state index in [1.807, 2.05) is 42.8 Å². The zero-order valence-corrected chi connectivity index (χ0v) is 9.42. The lowest BCUT2D eigenvalue weighted by Crippen LogP contribution is -1.99. The predicted molar refractivity (Wildman–Crippen MR) is 62.5 cm³/mol. The zero-order chi connectivity index (χ0) is 11.0. The number of hydrogen-bond acceptors (Lipinski definition) is 2. The first-order valence-electron chi connectivity index (χ1n) is 4.67. The number of rotatable bonds is 1. The van der Waals surface area contributed by atoms with Crippen LogP contribution in [-0.4, -0.2) is 9.78 Å². The molecule has 1 aromatic carbocycles. The maximum absolute atomic E-state index is 5.86. The Morgan fingerprint density at radius 2 is 1.80 bits per heavy atom. The number of anilines is 1. The second-order valence-corrected chi connectivity index (χ2v) is 3.91. The number of nitrogens with zero attached hydrogens (tertiary/aromatic N) is 2. The van der Waals surface area contributed by atoms with E-state index in [4.69, 9.17) is 17.3 Å². The molecule has 0 fully saturated rings. The van der Waals surface area contributed by atoms with Crippen LogP contribution in [0.2, 0.25) is 5.02 Å². The van der Waals surface area contributed by atoms with Gasteiger partial charge in [0, 0.05) is 5.02 Å². The Labute approximate surface area is 93.5 Å². The molecule has 4 heteroatoms. The number of aromatic nitrogens is 2. The maximum Gasteiger partial charge on any atom is 0.0830 e. The highest BCUT2D eigenvalue weighted by atomic mass is 35.5. The van der Waals surface area contributed by atoms with Gasteiger partial charge in [0.1, 0.15) is 0 Å². The van der Waals surface area contributed by atoms with Gasteiger partial charge in [-0.05, 0) is 38.1 Å². The Morgan fingerprint density at radius 1 is 1.20 bits per heavy atom. The van der Waals surface area contributed by atoms with Crippen molar-refractivity contribution in [1.29, 1.82) is 0 Å². The van der Waals surface area contributed by atoms with Crippen molar-refractivity contribution >= 4 is 17.3 Å². The fraction of sp³-hybridized carbons (Fsp3) is 0.182. The Hall–Kier alpha value is -1.48. The van der Waals surface area contributed by atoms with Crippen LogP contribution in [0.15, 0.2) is 24.3 Å². The number of benzene rings is 1. The number of aryl methyl sites for hydroxylation is 1. The number of halogens is 1. The summed E-state index contributed by atoms with van der Waals surface area (Å²) in [4.78, 5) is 0. The minimum absolute atomic E-state index is 0.716. The van der Waals surface area contributed by atoms with Crippen LogP contribution >= 0.6 is 11.6 Å². The molecule has 0 saturated heterocycles. The van der Waals surface area contributed by atoms with Crippen LogP contribution in [0.3, 0.4) is 0 Å². The van der Waals surface area contributed by atoms with Crippen LogP contribution in [0.25, 0.3) is 5.69 Å². The molecule has 0 aliphatic heterocycles. The lowest BCUT2D eigenvalue weighted by molar-refractivity contribution is 0.834. The lowest BCUT2D eigenvalue weighted by atomic mass is 10.3. The van der Waals surface area contributed by atoms with Gasteiger partial charge in [0.05, 0.1) is 22.8 Å². The van der Waals surface area contributed by atoms with Crippen molar-refractivity contribution in [2.75, 3.05) is 5.73 Å². The molecule has 2 rings (SSSR count). The largest absolute Gasteiger partial charge is 0.396 e. The van der Waals surface area contributed by atoms with Crippen LogP contribution in [-0.2, 0) is 0 Å². The molecule has 2 aromatic rings. The van der Waals surface area contributed by atoms with Gasteiger partial charge in [-0.3, -0.25) is 0 Å². The highest BCUT2D eigenvalue weighted by Crippen LogP contribution is 2.20. The molecule has 0 aliphatic rings. The summed E-state index contributed by atoms with van der Waals surface area (Å²) in [6, 6.07) is 7.51. The summed E-state index contributed by atoms with van der Waals surface area (Å²) in [5, 5.41) is 5.07. The second kappa shape index (κ2) is 3.59. The molecule has 0 saturated carbocycles. The van der Waals surface area contributed by atoms with Gasteiger partial charge in [-0.1, -0.05) is 11.6 Å². The van der Waals surface area contributed by atoms with Crippen LogP contribution in [0, 0.1) is 13.8 Å². The molecule has 0 radical (unpaired) electrons. The maximum atomic E-state index is 5.86. The molecule has 1 heterocycles. The third-order valence-corrected chi connectivity index (χ3v) is 2.67. The Balaban J connectivity index is 2.54. The van der Waals surface area contributed by atoms with Crippen LogP contribution in [0.5, 0.6) is 0 Å². The number of hydrogen-bond donors (Lipinski definition) is 1. The summed E-state index contributed by atoms with van der Waals surface area (Å²) in [7, 11) is 0. The Bertz CT molecular complexity index is 485. The van der Waals surface area contributed by atoms with E-state index in [-0.39, 0.29) is 0 Å². The summed E-state index contributed by atoms with van der Waals surface area (Å²) < 4.78 is 1.82. The van der Waals surface area contributed by atoms with Gasteiger partial charge < -0.3 is 5.73 Å². The molecule has 0 amide bonds. The first-order chi connectivity index (χ1) is 7.09. The molecule has 0 unspecified atom stereocenters. The minimum Gasteiger partial charge on any atom is -0.396 e. The summed E-state index contributed by atoms with van der Waals surface area (Å²) in [6.07, 6.45) is 0. The van der Waals surface area contributed by atoms with E-state index in [1.165, 1.54) is 0 Å². The highest BCUT2D eigenvalue weighted by Gasteiger charge is 2.08. The first-order valence-corrected chi connectivity index (χ1v) is 5.05. The van der Waals surface area contributed by atoms with Gasteiger partial charge >= 0.3 is 0 Å². The molecule has 3 nitrogen and oxygen atoms in total. The first kappa shape index (κ1) is 10.1. The standard InChI is InChI=1S/C11H12ClN3/c1-7-11(13)8(2)15(14-7)10-5-3-9(12)4-6-10/h3-6H,13H2,1-2H3. The molecule has 0 atom stereocenters. The monoisotopic (exact) mass is 221 g/mol. The molecule has 15 heavy (non-hydrogen) atoms. The van der Waals surface area contributed by atoms with E-state index < -0.39 is 0 Å². The summed E-state index contributed by atoms with van der Waals surface area (Å²) in [6.45, 7) is 3.85. The quantitative estimate of drug-likeness (QED) is 0.805. The molecular weight excluding hydrogens is 210 g/mol. The summed E-state index contributed by atoms with van der Waals surface area (Å²) in [5.41, 5.74) is 9.37. The molecule has 1 aromatic heterocycles. The van der Waals surface area contributed by atoms with Crippen molar-refractivity contribution in [2.45, 2.75) is 13.8 Å². The van der Waals surface area contributed by atoms with Gasteiger partial charge in [0.15, 0.2) is 0 Å². The van der Waals surface area contributed by atoms with E-state index in [2.05, 4.69) is 5.10 Å². The summed E-state index contributed by atoms with van der Waals surface area (Å²) in [5.74, 6) is 0. The van der Waals surface area contributed by atoms with Crippen LogP contribution in [0.4, 0.5) is 5.69 Å². The third-order valence-electron chi connectivity index (χ3n) is 2.42. The summed E-state index contributed by atoms with van der Waals surface area (Å²) >= 11 is 5.82. The smallest absolute Gasteiger partial charge is 0.0830 e. The molecule has 0 spiro atoms. The Kier molecular flexibility index (Phi) is 2.40. The minimum atomic E-state index is 0.716.